The zero-order chi connectivity index (χ0) is 19.0. The average Bonchev–Trinajstić information content (AvgIpc) is 3.31. The number of aromatic nitrogens is 2. The lowest BCUT2D eigenvalue weighted by Gasteiger charge is -2.14. The molecule has 0 amide bonds. The van der Waals surface area contributed by atoms with Crippen molar-refractivity contribution in [2.75, 3.05) is 0 Å². The smallest absolute Gasteiger partial charge is 0.108 e. The predicted molar refractivity (Wildman–Crippen MR) is 111 cm³/mol. The first-order valence-corrected chi connectivity index (χ1v) is 9.31. The van der Waals surface area contributed by atoms with Crippen LogP contribution in [0.4, 0.5) is 0 Å². The Morgan fingerprint density at radius 1 is 0.889 bits per heavy atom. The van der Waals surface area contributed by atoms with Gasteiger partial charge < -0.3 is 14.2 Å². The van der Waals surface area contributed by atoms with E-state index in [-0.39, 0.29) is 0 Å². The van der Waals surface area contributed by atoms with E-state index in [1.807, 2.05) is 48.5 Å². The van der Waals surface area contributed by atoms with E-state index in [1.54, 1.807) is 18.2 Å². The third-order valence-corrected chi connectivity index (χ3v) is 5.18. The fraction of sp³-hybridized carbons (Fsp3) is 0.0909. The van der Waals surface area contributed by atoms with Gasteiger partial charge in [0.15, 0.2) is 0 Å². The van der Waals surface area contributed by atoms with Crippen molar-refractivity contribution < 1.29 is 5.11 Å². The van der Waals surface area contributed by atoms with Gasteiger partial charge in [0.1, 0.15) is 6.10 Å². The highest BCUT2D eigenvalue weighted by molar-refractivity contribution is 6.35. The van der Waals surface area contributed by atoms with Crippen molar-refractivity contribution in [3.63, 3.8) is 0 Å². The van der Waals surface area contributed by atoms with Gasteiger partial charge >= 0.3 is 0 Å². The first-order valence-electron chi connectivity index (χ1n) is 8.55. The molecular weight excluding hydrogens is 379 g/mol. The molecule has 0 aliphatic heterocycles. The first-order chi connectivity index (χ1) is 13.0. The molecule has 0 fully saturated rings. The molecule has 1 N–H and O–H groups in total. The van der Waals surface area contributed by atoms with Crippen LogP contribution in [0.3, 0.4) is 0 Å². The zero-order valence-electron chi connectivity index (χ0n) is 14.7. The van der Waals surface area contributed by atoms with Gasteiger partial charge in [-0.1, -0.05) is 41.4 Å². The van der Waals surface area contributed by atoms with E-state index in [4.69, 9.17) is 23.2 Å². The predicted octanol–water partition coefficient (Wildman–Crippen LogP) is 5.87. The Morgan fingerprint density at radius 2 is 1.59 bits per heavy atom. The number of benzene rings is 2. The maximum absolute atomic E-state index is 11.0. The summed E-state index contributed by atoms with van der Waals surface area (Å²) in [7, 11) is 1.94. The van der Waals surface area contributed by atoms with E-state index < -0.39 is 6.10 Å². The standard InChI is InChI=1S/C22H18Cl2N2O/c1-25-13-19(15-4-7-17(8-5-15)26-10-2-3-11-26)20(14-25)22(27)18-9-6-16(23)12-21(18)24/h2-14,22,27H,1H3. The molecule has 0 aliphatic carbocycles. The van der Waals surface area contributed by atoms with Crippen LogP contribution in [0, 0.1) is 0 Å². The van der Waals surface area contributed by atoms with E-state index in [0.29, 0.717) is 15.6 Å². The largest absolute Gasteiger partial charge is 0.384 e. The van der Waals surface area contributed by atoms with Gasteiger partial charge in [-0.3, -0.25) is 0 Å². The van der Waals surface area contributed by atoms with Crippen molar-refractivity contribution in [1.82, 2.24) is 9.13 Å². The molecule has 27 heavy (non-hydrogen) atoms. The summed E-state index contributed by atoms with van der Waals surface area (Å²) in [6, 6.07) is 17.4. The quantitative estimate of drug-likeness (QED) is 0.459. The van der Waals surface area contributed by atoms with E-state index in [0.717, 1.165) is 22.4 Å². The average molecular weight is 397 g/mol. The highest BCUT2D eigenvalue weighted by atomic mass is 35.5. The molecule has 0 saturated heterocycles. The minimum Gasteiger partial charge on any atom is -0.384 e. The Hall–Kier alpha value is -2.46. The number of aliphatic hydroxyl groups is 1. The van der Waals surface area contributed by atoms with Gasteiger partial charge in [-0.2, -0.15) is 0 Å². The summed E-state index contributed by atoms with van der Waals surface area (Å²) in [6.45, 7) is 0. The molecule has 1 unspecified atom stereocenters. The molecule has 4 rings (SSSR count). The number of hydrogen-bond donors (Lipinski definition) is 1. The van der Waals surface area contributed by atoms with Gasteiger partial charge in [0.2, 0.25) is 0 Å². The molecule has 3 nitrogen and oxygen atoms in total. The number of nitrogens with zero attached hydrogens (tertiary/aromatic N) is 2. The molecule has 4 aromatic rings. The first kappa shape index (κ1) is 17.9. The molecule has 0 spiro atoms. The Bertz CT molecular complexity index is 1070. The third-order valence-electron chi connectivity index (χ3n) is 4.62. The number of halogens is 2. The summed E-state index contributed by atoms with van der Waals surface area (Å²) in [5.74, 6) is 0. The van der Waals surface area contributed by atoms with Crippen LogP contribution >= 0.6 is 23.2 Å². The number of aryl methyl sites for hydroxylation is 1. The lowest BCUT2D eigenvalue weighted by Crippen LogP contribution is -2.01. The van der Waals surface area contributed by atoms with Crippen LogP contribution in [0.1, 0.15) is 17.2 Å². The highest BCUT2D eigenvalue weighted by Gasteiger charge is 2.20. The summed E-state index contributed by atoms with van der Waals surface area (Å²) in [5, 5.41) is 12.0. The molecule has 0 saturated carbocycles. The maximum atomic E-state index is 11.0. The van der Waals surface area contributed by atoms with Crippen LogP contribution in [0.15, 0.2) is 79.4 Å². The lowest BCUT2D eigenvalue weighted by atomic mass is 9.96. The fourth-order valence-electron chi connectivity index (χ4n) is 3.27. The van der Waals surface area contributed by atoms with Gasteiger partial charge in [-0.25, -0.2) is 0 Å². The molecule has 0 radical (unpaired) electrons. The second kappa shape index (κ2) is 7.28. The molecule has 2 aromatic carbocycles. The molecule has 0 aliphatic rings. The molecule has 2 heterocycles. The van der Waals surface area contributed by atoms with Crippen molar-refractivity contribution in [2.24, 2.45) is 7.05 Å². The topological polar surface area (TPSA) is 30.1 Å². The maximum Gasteiger partial charge on any atom is 0.108 e. The Kier molecular flexibility index (Phi) is 4.83. The van der Waals surface area contributed by atoms with Crippen LogP contribution in [0.2, 0.25) is 10.0 Å². The fourth-order valence-corrected chi connectivity index (χ4v) is 3.79. The molecule has 0 bridgehead atoms. The second-order valence-electron chi connectivity index (χ2n) is 6.50. The monoisotopic (exact) mass is 396 g/mol. The molecule has 1 atom stereocenters. The van der Waals surface area contributed by atoms with E-state index >= 15 is 0 Å². The van der Waals surface area contributed by atoms with Crippen LogP contribution in [-0.2, 0) is 7.05 Å². The number of aliphatic hydroxyl groups excluding tert-OH is 1. The van der Waals surface area contributed by atoms with Gasteiger partial charge in [-0.05, 0) is 42.0 Å². The normalized spacial score (nSPS) is 12.3. The van der Waals surface area contributed by atoms with Gasteiger partial charge in [-0.15, -0.1) is 0 Å². The highest BCUT2D eigenvalue weighted by Crippen LogP contribution is 2.36. The second-order valence-corrected chi connectivity index (χ2v) is 7.34. The SMILES string of the molecule is Cn1cc(-c2ccc(-n3cccc3)cc2)c(C(O)c2ccc(Cl)cc2Cl)c1. The number of rotatable bonds is 4. The van der Waals surface area contributed by atoms with Gasteiger partial charge in [0.25, 0.3) is 0 Å². The Morgan fingerprint density at radius 3 is 2.26 bits per heavy atom. The van der Waals surface area contributed by atoms with E-state index in [9.17, 15) is 5.11 Å². The molecule has 5 heteroatoms. The Labute approximate surface area is 168 Å². The van der Waals surface area contributed by atoms with Crippen molar-refractivity contribution in [3.8, 4) is 16.8 Å². The van der Waals surface area contributed by atoms with Crippen LogP contribution in [-0.4, -0.2) is 14.2 Å². The van der Waals surface area contributed by atoms with Crippen LogP contribution < -0.4 is 0 Å². The van der Waals surface area contributed by atoms with E-state index in [1.165, 1.54) is 0 Å². The molecular formula is C22H18Cl2N2O. The summed E-state index contributed by atoms with van der Waals surface area (Å²) in [6.07, 6.45) is 7.11. The molecule has 136 valence electrons. The lowest BCUT2D eigenvalue weighted by molar-refractivity contribution is 0.221. The summed E-state index contributed by atoms with van der Waals surface area (Å²) in [5.41, 5.74) is 4.52. The molecule has 2 aromatic heterocycles. The third kappa shape index (κ3) is 3.54. The summed E-state index contributed by atoms with van der Waals surface area (Å²) < 4.78 is 4.00. The van der Waals surface area contributed by atoms with Crippen molar-refractivity contribution in [1.29, 1.82) is 0 Å². The van der Waals surface area contributed by atoms with Crippen molar-refractivity contribution in [3.05, 3.63) is 101 Å². The zero-order valence-corrected chi connectivity index (χ0v) is 16.2. The summed E-state index contributed by atoms with van der Waals surface area (Å²) in [4.78, 5) is 0. The number of hydrogen-bond acceptors (Lipinski definition) is 1. The van der Waals surface area contributed by atoms with Crippen molar-refractivity contribution in [2.45, 2.75) is 6.10 Å². The van der Waals surface area contributed by atoms with E-state index in [2.05, 4.69) is 28.8 Å². The Balaban J connectivity index is 1.72. The van der Waals surface area contributed by atoms with Gasteiger partial charge in [0.05, 0.1) is 0 Å². The minimum atomic E-state index is -0.838. The summed E-state index contributed by atoms with van der Waals surface area (Å²) >= 11 is 12.3. The van der Waals surface area contributed by atoms with Gasteiger partial charge in [0, 0.05) is 64.3 Å². The van der Waals surface area contributed by atoms with Crippen molar-refractivity contribution >= 4 is 23.2 Å². The van der Waals surface area contributed by atoms with Crippen LogP contribution in [0.25, 0.3) is 16.8 Å². The van der Waals surface area contributed by atoms with Crippen LogP contribution in [0.5, 0.6) is 0 Å². The minimum absolute atomic E-state index is 0.452.